The molecule has 1 heterocycles. The quantitative estimate of drug-likeness (QED) is 0.821. The molecule has 2 rings (SSSR count). The molecule has 0 aliphatic heterocycles. The van der Waals surface area contributed by atoms with Crippen molar-refractivity contribution in [2.45, 2.75) is 12.3 Å². The number of pyridine rings is 1. The molecule has 0 amide bonds. The molecule has 0 spiro atoms. The van der Waals surface area contributed by atoms with E-state index in [1.165, 1.54) is 0 Å². The summed E-state index contributed by atoms with van der Waals surface area (Å²) >= 11 is 0. The van der Waals surface area contributed by atoms with Crippen LogP contribution in [0.25, 0.3) is 10.9 Å². The van der Waals surface area contributed by atoms with Gasteiger partial charge in [-0.1, -0.05) is 12.1 Å². The molecule has 1 unspecified atom stereocenters. The zero-order chi connectivity index (χ0) is 13.0. The Morgan fingerprint density at radius 1 is 1.17 bits per heavy atom. The Bertz CT molecular complexity index is 512. The van der Waals surface area contributed by atoms with E-state index in [0.717, 1.165) is 16.5 Å². The molecule has 2 aromatic rings. The average molecular weight is 246 g/mol. The highest BCUT2D eigenvalue weighted by atomic mass is 16.7. The number of nitrogens with one attached hydrogen (secondary N) is 1. The second-order valence-corrected chi connectivity index (χ2v) is 4.06. The predicted molar refractivity (Wildman–Crippen MR) is 71.3 cm³/mol. The molecule has 4 nitrogen and oxygen atoms in total. The fourth-order valence-corrected chi connectivity index (χ4v) is 2.12. The van der Waals surface area contributed by atoms with E-state index in [0.29, 0.717) is 0 Å². The lowest BCUT2D eigenvalue weighted by Gasteiger charge is -2.24. The maximum atomic E-state index is 5.32. The summed E-state index contributed by atoms with van der Waals surface area (Å²) in [6.07, 6.45) is 1.48. The van der Waals surface area contributed by atoms with Gasteiger partial charge in [0.25, 0.3) is 0 Å². The maximum absolute atomic E-state index is 5.32. The first-order valence-electron chi connectivity index (χ1n) is 5.87. The summed E-state index contributed by atoms with van der Waals surface area (Å²) in [4.78, 5) is 4.31. The molecule has 0 saturated heterocycles. The number of hydrogen-bond acceptors (Lipinski definition) is 4. The van der Waals surface area contributed by atoms with Crippen LogP contribution in [0, 0.1) is 0 Å². The van der Waals surface area contributed by atoms with Gasteiger partial charge in [0.15, 0.2) is 6.29 Å². The topological polar surface area (TPSA) is 43.4 Å². The highest BCUT2D eigenvalue weighted by Crippen LogP contribution is 2.22. The Kier molecular flexibility index (Phi) is 4.25. The van der Waals surface area contributed by atoms with Crippen molar-refractivity contribution >= 4 is 10.9 Å². The summed E-state index contributed by atoms with van der Waals surface area (Å²) in [5, 5.41) is 4.33. The van der Waals surface area contributed by atoms with Crippen molar-refractivity contribution in [3.05, 3.63) is 42.1 Å². The molecule has 0 bridgehead atoms. The fraction of sp³-hybridized carbons (Fsp3) is 0.357. The van der Waals surface area contributed by atoms with Gasteiger partial charge in [0.2, 0.25) is 0 Å². The van der Waals surface area contributed by atoms with Gasteiger partial charge in [0.05, 0.1) is 11.6 Å². The molecule has 1 aromatic carbocycles. The van der Waals surface area contributed by atoms with E-state index < -0.39 is 0 Å². The van der Waals surface area contributed by atoms with Crippen molar-refractivity contribution < 1.29 is 9.47 Å². The largest absolute Gasteiger partial charge is 0.354 e. The predicted octanol–water partition coefficient (Wildman–Crippen LogP) is 2.11. The van der Waals surface area contributed by atoms with Gasteiger partial charge >= 0.3 is 0 Å². The number of nitrogens with zero attached hydrogens (tertiary/aromatic N) is 1. The number of methoxy groups -OCH3 is 2. The third kappa shape index (κ3) is 2.51. The van der Waals surface area contributed by atoms with Crippen LogP contribution in [0.15, 0.2) is 36.5 Å². The normalized spacial score (nSPS) is 13.1. The van der Waals surface area contributed by atoms with Crippen LogP contribution in [0.5, 0.6) is 0 Å². The molecule has 1 N–H and O–H groups in total. The molecular weight excluding hydrogens is 228 g/mol. The smallest absolute Gasteiger partial charge is 0.176 e. The molecule has 18 heavy (non-hydrogen) atoms. The summed E-state index contributed by atoms with van der Waals surface area (Å²) < 4.78 is 10.6. The van der Waals surface area contributed by atoms with Crippen molar-refractivity contribution in [2.24, 2.45) is 0 Å². The molecule has 0 fully saturated rings. The Labute approximate surface area is 107 Å². The second kappa shape index (κ2) is 5.91. The van der Waals surface area contributed by atoms with E-state index in [9.17, 15) is 0 Å². The number of hydrogen-bond donors (Lipinski definition) is 1. The first-order valence-corrected chi connectivity index (χ1v) is 5.87. The number of fused-ring (bicyclic) bond motifs is 1. The number of aromatic nitrogens is 1. The summed E-state index contributed by atoms with van der Waals surface area (Å²) in [5.41, 5.74) is 2.11. The van der Waals surface area contributed by atoms with E-state index >= 15 is 0 Å². The lowest BCUT2D eigenvalue weighted by Crippen LogP contribution is -2.32. The van der Waals surface area contributed by atoms with Gasteiger partial charge in [-0.15, -0.1) is 0 Å². The van der Waals surface area contributed by atoms with E-state index in [4.69, 9.17) is 9.47 Å². The van der Waals surface area contributed by atoms with Gasteiger partial charge in [-0.05, 0) is 30.8 Å². The van der Waals surface area contributed by atoms with Gasteiger partial charge in [-0.3, -0.25) is 4.98 Å². The van der Waals surface area contributed by atoms with E-state index in [-0.39, 0.29) is 12.3 Å². The third-order valence-electron chi connectivity index (χ3n) is 3.03. The van der Waals surface area contributed by atoms with Crippen molar-refractivity contribution in [3.63, 3.8) is 0 Å². The molecular formula is C14H18N2O2. The SMILES string of the molecule is CNC(c1ccc2ncccc2c1)C(OC)OC. The molecule has 1 atom stereocenters. The Morgan fingerprint density at radius 3 is 2.61 bits per heavy atom. The molecule has 0 aliphatic rings. The summed E-state index contributed by atoms with van der Waals surface area (Å²) in [7, 11) is 5.17. The highest BCUT2D eigenvalue weighted by Gasteiger charge is 2.21. The van der Waals surface area contributed by atoms with Gasteiger partial charge in [0, 0.05) is 25.8 Å². The first kappa shape index (κ1) is 13.0. The van der Waals surface area contributed by atoms with E-state index in [2.05, 4.69) is 16.4 Å². The van der Waals surface area contributed by atoms with Crippen LogP contribution in [0.1, 0.15) is 11.6 Å². The van der Waals surface area contributed by atoms with Crippen LogP contribution in [-0.4, -0.2) is 32.5 Å². The van der Waals surface area contributed by atoms with Crippen LogP contribution in [-0.2, 0) is 9.47 Å². The van der Waals surface area contributed by atoms with Crippen molar-refractivity contribution in [1.29, 1.82) is 0 Å². The Hall–Kier alpha value is -1.49. The highest BCUT2D eigenvalue weighted by molar-refractivity contribution is 5.79. The van der Waals surface area contributed by atoms with Crippen LogP contribution >= 0.6 is 0 Å². The summed E-state index contributed by atoms with van der Waals surface area (Å²) in [6, 6.07) is 10.1. The van der Waals surface area contributed by atoms with Gasteiger partial charge in [-0.2, -0.15) is 0 Å². The van der Waals surface area contributed by atoms with Gasteiger partial charge in [-0.25, -0.2) is 0 Å². The monoisotopic (exact) mass is 246 g/mol. The molecule has 4 heteroatoms. The number of likely N-dealkylation sites (N-methyl/N-ethyl adjacent to an activating group) is 1. The maximum Gasteiger partial charge on any atom is 0.176 e. The van der Waals surface area contributed by atoms with Crippen molar-refractivity contribution in [2.75, 3.05) is 21.3 Å². The number of ether oxygens (including phenoxy) is 2. The minimum Gasteiger partial charge on any atom is -0.354 e. The Morgan fingerprint density at radius 2 is 1.94 bits per heavy atom. The Balaban J connectivity index is 2.39. The second-order valence-electron chi connectivity index (χ2n) is 4.06. The number of rotatable bonds is 5. The van der Waals surface area contributed by atoms with Crippen LogP contribution in [0.3, 0.4) is 0 Å². The van der Waals surface area contributed by atoms with Crippen LogP contribution < -0.4 is 5.32 Å². The first-order chi connectivity index (χ1) is 8.80. The minimum atomic E-state index is -0.316. The molecule has 0 aliphatic carbocycles. The molecule has 0 saturated carbocycles. The molecule has 96 valence electrons. The zero-order valence-electron chi connectivity index (χ0n) is 10.9. The van der Waals surface area contributed by atoms with Crippen molar-refractivity contribution in [3.8, 4) is 0 Å². The summed E-state index contributed by atoms with van der Waals surface area (Å²) in [6.45, 7) is 0. The third-order valence-corrected chi connectivity index (χ3v) is 3.03. The number of benzene rings is 1. The summed E-state index contributed by atoms with van der Waals surface area (Å²) in [5.74, 6) is 0. The van der Waals surface area contributed by atoms with Crippen LogP contribution in [0.2, 0.25) is 0 Å². The standard InChI is InChI=1S/C14H18N2O2/c1-15-13(14(17-2)18-3)11-6-7-12-10(9-11)5-4-8-16-12/h4-9,13-15H,1-3H3. The molecule has 1 aromatic heterocycles. The lowest BCUT2D eigenvalue weighted by atomic mass is 10.0. The van der Waals surface area contributed by atoms with E-state index in [1.54, 1.807) is 20.4 Å². The molecule has 0 radical (unpaired) electrons. The average Bonchev–Trinajstić information content (AvgIpc) is 2.44. The lowest BCUT2D eigenvalue weighted by molar-refractivity contribution is -0.123. The minimum absolute atomic E-state index is 0.00962. The van der Waals surface area contributed by atoms with Gasteiger partial charge in [0.1, 0.15) is 0 Å². The van der Waals surface area contributed by atoms with Crippen molar-refractivity contribution in [1.82, 2.24) is 10.3 Å². The van der Waals surface area contributed by atoms with Gasteiger partial charge < -0.3 is 14.8 Å². The van der Waals surface area contributed by atoms with E-state index in [1.807, 2.05) is 31.3 Å². The zero-order valence-corrected chi connectivity index (χ0v) is 10.9. The fourth-order valence-electron chi connectivity index (χ4n) is 2.12. The van der Waals surface area contributed by atoms with Crippen LogP contribution in [0.4, 0.5) is 0 Å².